The lowest BCUT2D eigenvalue weighted by atomic mass is 9.70. The van der Waals surface area contributed by atoms with Crippen molar-refractivity contribution in [1.29, 1.82) is 0 Å². The maximum atomic E-state index is 12.5. The summed E-state index contributed by atoms with van der Waals surface area (Å²) in [5, 5.41) is 8.47. The van der Waals surface area contributed by atoms with Crippen LogP contribution in [-0.4, -0.2) is 40.3 Å². The molecule has 27 heavy (non-hydrogen) atoms. The van der Waals surface area contributed by atoms with Crippen LogP contribution in [0, 0.1) is 0 Å². The summed E-state index contributed by atoms with van der Waals surface area (Å²) >= 11 is 0. The fourth-order valence-electron chi connectivity index (χ4n) is 3.54. The van der Waals surface area contributed by atoms with E-state index in [2.05, 4.69) is 33.4 Å². The summed E-state index contributed by atoms with van der Waals surface area (Å²) in [4.78, 5) is 22.1. The minimum absolute atomic E-state index is 0.287. The molecule has 1 unspecified atom stereocenters. The summed E-state index contributed by atoms with van der Waals surface area (Å²) in [6.45, 7) is 0. The van der Waals surface area contributed by atoms with Crippen molar-refractivity contribution in [3.05, 3.63) is 89.0 Å². The second-order valence-corrected chi connectivity index (χ2v) is 6.51. The van der Waals surface area contributed by atoms with Gasteiger partial charge in [-0.25, -0.2) is 5.06 Å². The maximum Gasteiger partial charge on any atom is 0.298 e. The van der Waals surface area contributed by atoms with Crippen molar-refractivity contribution in [2.45, 2.75) is 11.8 Å². The number of nitrogens with one attached hydrogen (secondary N) is 1. The van der Waals surface area contributed by atoms with Crippen LogP contribution >= 0.6 is 0 Å². The van der Waals surface area contributed by atoms with Gasteiger partial charge in [0, 0.05) is 30.9 Å². The zero-order valence-corrected chi connectivity index (χ0v) is 15.2. The highest BCUT2D eigenvalue weighted by Gasteiger charge is 2.38. The monoisotopic (exact) mass is 360 g/mol. The van der Waals surface area contributed by atoms with Gasteiger partial charge < -0.3 is 0 Å². The second kappa shape index (κ2) is 6.81. The molecule has 2 aromatic heterocycles. The van der Waals surface area contributed by atoms with E-state index >= 15 is 0 Å². The molecular weight excluding hydrogens is 340 g/mol. The van der Waals surface area contributed by atoms with Crippen molar-refractivity contribution < 1.29 is 9.63 Å². The first-order valence-electron chi connectivity index (χ1n) is 8.71. The van der Waals surface area contributed by atoms with Crippen molar-refractivity contribution in [2.75, 3.05) is 14.2 Å². The number of carbonyl (C=O) groups is 1. The summed E-state index contributed by atoms with van der Waals surface area (Å²) < 4.78 is 0. The van der Waals surface area contributed by atoms with Gasteiger partial charge in [0.05, 0.1) is 18.2 Å². The van der Waals surface area contributed by atoms with Crippen LogP contribution in [0.1, 0.15) is 33.0 Å². The van der Waals surface area contributed by atoms with Gasteiger partial charge in [0.2, 0.25) is 0 Å². The number of hydrogen-bond donors (Lipinski definition) is 1. The van der Waals surface area contributed by atoms with Crippen molar-refractivity contribution in [3.63, 3.8) is 0 Å². The van der Waals surface area contributed by atoms with Crippen molar-refractivity contribution in [2.24, 2.45) is 0 Å². The molecule has 0 saturated heterocycles. The Morgan fingerprint density at radius 2 is 1.96 bits per heavy atom. The zero-order chi connectivity index (χ0) is 18.9. The Morgan fingerprint density at radius 1 is 1.19 bits per heavy atom. The first-order chi connectivity index (χ1) is 13.2. The van der Waals surface area contributed by atoms with Crippen LogP contribution in [0.4, 0.5) is 0 Å². The molecule has 1 aromatic carbocycles. The molecule has 3 aromatic rings. The molecule has 0 fully saturated rings. The minimum atomic E-state index is -0.421. The summed E-state index contributed by atoms with van der Waals surface area (Å²) in [6.07, 6.45) is 6.52. The fourth-order valence-corrected chi connectivity index (χ4v) is 3.54. The number of rotatable bonds is 4. The molecule has 0 aliphatic heterocycles. The molecule has 0 radical (unpaired) electrons. The Bertz CT molecular complexity index is 940. The predicted octanol–water partition coefficient (Wildman–Crippen LogP) is 2.99. The molecule has 1 aliphatic carbocycles. The standard InChI is InChI=1S/C21H20N4O2/c1-25(27-2)20(26)19-16-11-12-21(14-17(16)23-24-19,15-8-4-3-5-9-15)18-10-6-7-13-22-18/h3-13H,14H2,1-2H3,(H,23,24). The second-order valence-electron chi connectivity index (χ2n) is 6.51. The molecule has 6 nitrogen and oxygen atoms in total. The molecule has 136 valence electrons. The van der Waals surface area contributed by atoms with Crippen LogP contribution in [0.2, 0.25) is 0 Å². The summed E-state index contributed by atoms with van der Waals surface area (Å²) in [6, 6.07) is 16.2. The third-order valence-electron chi connectivity index (χ3n) is 5.05. The predicted molar refractivity (Wildman–Crippen MR) is 102 cm³/mol. The fraction of sp³-hybridized carbons (Fsp3) is 0.190. The average Bonchev–Trinajstić information content (AvgIpc) is 3.16. The molecule has 1 N–H and O–H groups in total. The van der Waals surface area contributed by atoms with E-state index in [9.17, 15) is 4.79 Å². The summed E-state index contributed by atoms with van der Waals surface area (Å²) in [5.41, 5.74) is 3.73. The molecule has 1 atom stereocenters. The van der Waals surface area contributed by atoms with Crippen LogP contribution < -0.4 is 0 Å². The van der Waals surface area contributed by atoms with Crippen molar-refractivity contribution in [3.8, 4) is 0 Å². The van der Waals surface area contributed by atoms with E-state index in [1.54, 1.807) is 13.2 Å². The van der Waals surface area contributed by atoms with Crippen LogP contribution in [0.25, 0.3) is 6.08 Å². The Labute approximate surface area is 157 Å². The van der Waals surface area contributed by atoms with Gasteiger partial charge in [0.25, 0.3) is 5.91 Å². The van der Waals surface area contributed by atoms with E-state index in [0.717, 1.165) is 22.5 Å². The molecule has 1 aliphatic rings. The maximum absolute atomic E-state index is 12.5. The van der Waals surface area contributed by atoms with Gasteiger partial charge in [-0.05, 0) is 17.7 Å². The van der Waals surface area contributed by atoms with E-state index in [-0.39, 0.29) is 5.91 Å². The number of aromatic amines is 1. The molecule has 6 heteroatoms. The van der Waals surface area contributed by atoms with E-state index in [0.29, 0.717) is 12.1 Å². The van der Waals surface area contributed by atoms with Crippen LogP contribution in [0.15, 0.2) is 60.8 Å². The Balaban J connectivity index is 1.82. The van der Waals surface area contributed by atoms with Gasteiger partial charge >= 0.3 is 0 Å². The highest BCUT2D eigenvalue weighted by atomic mass is 16.7. The molecule has 4 rings (SSSR count). The summed E-state index contributed by atoms with van der Waals surface area (Å²) in [7, 11) is 3.02. The quantitative estimate of drug-likeness (QED) is 0.726. The number of hydrogen-bond acceptors (Lipinski definition) is 4. The van der Waals surface area contributed by atoms with E-state index in [4.69, 9.17) is 4.84 Å². The topological polar surface area (TPSA) is 71.1 Å². The number of allylic oxidation sites excluding steroid dienone is 1. The van der Waals surface area contributed by atoms with Crippen molar-refractivity contribution >= 4 is 12.0 Å². The lowest BCUT2D eigenvalue weighted by molar-refractivity contribution is -0.0760. The normalized spacial score (nSPS) is 18.1. The first kappa shape index (κ1) is 17.2. The molecule has 2 heterocycles. The number of benzene rings is 1. The van der Waals surface area contributed by atoms with Crippen molar-refractivity contribution in [1.82, 2.24) is 20.2 Å². The summed E-state index contributed by atoms with van der Waals surface area (Å²) in [5.74, 6) is -0.287. The first-order valence-corrected chi connectivity index (χ1v) is 8.71. The largest absolute Gasteiger partial charge is 0.298 e. The zero-order valence-electron chi connectivity index (χ0n) is 15.2. The van der Waals surface area contributed by atoms with Gasteiger partial charge in [-0.1, -0.05) is 48.6 Å². The number of aromatic nitrogens is 3. The molecule has 0 spiro atoms. The number of fused-ring (bicyclic) bond motifs is 1. The molecule has 0 saturated carbocycles. The Morgan fingerprint density at radius 3 is 2.67 bits per heavy atom. The van der Waals surface area contributed by atoms with Gasteiger partial charge in [-0.15, -0.1) is 0 Å². The molecule has 1 amide bonds. The van der Waals surface area contributed by atoms with E-state index < -0.39 is 5.41 Å². The lowest BCUT2D eigenvalue weighted by Crippen LogP contribution is -2.32. The Hall–Kier alpha value is -3.25. The number of nitrogens with zero attached hydrogens (tertiary/aromatic N) is 3. The highest BCUT2D eigenvalue weighted by molar-refractivity contribution is 5.96. The number of hydroxylamine groups is 2. The van der Waals surface area contributed by atoms with Crippen LogP contribution in [0.5, 0.6) is 0 Å². The number of carbonyl (C=O) groups excluding carboxylic acids is 1. The van der Waals surface area contributed by atoms with Crippen LogP contribution in [0.3, 0.4) is 0 Å². The third-order valence-corrected chi connectivity index (χ3v) is 5.05. The molecule has 0 bridgehead atoms. The highest BCUT2D eigenvalue weighted by Crippen LogP contribution is 2.40. The minimum Gasteiger partial charge on any atom is -0.281 e. The number of pyridine rings is 1. The average molecular weight is 360 g/mol. The molecular formula is C21H20N4O2. The van der Waals surface area contributed by atoms with Gasteiger partial charge in [0.15, 0.2) is 5.69 Å². The third kappa shape index (κ3) is 2.84. The van der Waals surface area contributed by atoms with E-state index in [1.165, 1.54) is 12.2 Å². The number of H-pyrrole nitrogens is 1. The Kier molecular flexibility index (Phi) is 4.33. The lowest BCUT2D eigenvalue weighted by Gasteiger charge is -2.33. The van der Waals surface area contributed by atoms with Gasteiger partial charge in [-0.3, -0.25) is 19.7 Å². The number of amides is 1. The van der Waals surface area contributed by atoms with E-state index in [1.807, 2.05) is 42.5 Å². The van der Waals surface area contributed by atoms with Gasteiger partial charge in [0.1, 0.15) is 0 Å². The SMILES string of the molecule is CON(C)C(=O)c1n[nH]c2c1C=CC(c1ccccc1)(c1ccccn1)C2. The van der Waals surface area contributed by atoms with Crippen LogP contribution in [-0.2, 0) is 16.7 Å². The van der Waals surface area contributed by atoms with Gasteiger partial charge in [-0.2, -0.15) is 5.10 Å². The smallest absolute Gasteiger partial charge is 0.281 e.